The predicted octanol–water partition coefficient (Wildman–Crippen LogP) is 3.01. The van der Waals surface area contributed by atoms with Gasteiger partial charge in [0.2, 0.25) is 0 Å². The van der Waals surface area contributed by atoms with E-state index in [1.54, 1.807) is 0 Å². The molecule has 3 nitrogen and oxygen atoms in total. The molecule has 0 aliphatic heterocycles. The maximum atomic E-state index is 4.72. The number of aromatic nitrogens is 2. The summed E-state index contributed by atoms with van der Waals surface area (Å²) in [6.45, 7) is 8.39. The Labute approximate surface area is 122 Å². The number of nitrogens with one attached hydrogen (secondary N) is 1. The van der Waals surface area contributed by atoms with E-state index in [-0.39, 0.29) is 0 Å². The summed E-state index contributed by atoms with van der Waals surface area (Å²) in [5, 5.41) is 7.93. The van der Waals surface area contributed by atoms with Crippen molar-refractivity contribution in [3.05, 3.63) is 52.3 Å². The van der Waals surface area contributed by atoms with Gasteiger partial charge in [-0.3, -0.25) is 4.68 Å². The van der Waals surface area contributed by atoms with Crippen molar-refractivity contribution < 1.29 is 0 Å². The Hall–Kier alpha value is -1.61. The van der Waals surface area contributed by atoms with Gasteiger partial charge >= 0.3 is 0 Å². The lowest BCUT2D eigenvalue weighted by Gasteiger charge is -2.08. The van der Waals surface area contributed by atoms with Crippen LogP contribution in [0.4, 0.5) is 0 Å². The van der Waals surface area contributed by atoms with Crippen LogP contribution in [0.25, 0.3) is 0 Å². The van der Waals surface area contributed by atoms with E-state index in [0.717, 1.165) is 25.9 Å². The molecule has 0 spiro atoms. The molecule has 1 heterocycles. The lowest BCUT2D eigenvalue weighted by Crippen LogP contribution is -2.09. The molecular formula is C17H25N3. The molecule has 2 rings (SSSR count). The van der Waals surface area contributed by atoms with E-state index in [4.69, 9.17) is 5.10 Å². The minimum atomic E-state index is 0.866. The summed E-state index contributed by atoms with van der Waals surface area (Å²) in [6, 6.07) is 8.53. The Bertz CT molecular complexity index is 570. The van der Waals surface area contributed by atoms with E-state index in [1.807, 2.05) is 7.05 Å². The standard InChI is InChI=1S/C17H25N3/c1-13-8-5-6-9-16(13)12-20-15(3)17(14(2)19-20)10-7-11-18-4/h5-6,8-9,18H,7,10-12H2,1-4H3. The third kappa shape index (κ3) is 3.28. The zero-order valence-electron chi connectivity index (χ0n) is 13.0. The van der Waals surface area contributed by atoms with Crippen molar-refractivity contribution in [3.63, 3.8) is 0 Å². The van der Waals surface area contributed by atoms with E-state index in [9.17, 15) is 0 Å². The van der Waals surface area contributed by atoms with Crippen LogP contribution in [0.2, 0.25) is 0 Å². The molecule has 0 radical (unpaired) electrons. The summed E-state index contributed by atoms with van der Waals surface area (Å²) < 4.78 is 2.15. The fourth-order valence-corrected chi connectivity index (χ4v) is 2.64. The van der Waals surface area contributed by atoms with E-state index in [2.05, 4.69) is 55.0 Å². The van der Waals surface area contributed by atoms with Gasteiger partial charge in [-0.15, -0.1) is 0 Å². The smallest absolute Gasteiger partial charge is 0.0665 e. The van der Waals surface area contributed by atoms with Crippen LogP contribution in [-0.4, -0.2) is 23.4 Å². The molecule has 2 aromatic rings. The summed E-state index contributed by atoms with van der Waals surface area (Å²) in [7, 11) is 2.00. The molecule has 1 N–H and O–H groups in total. The molecule has 1 aromatic carbocycles. The summed E-state index contributed by atoms with van der Waals surface area (Å²) in [6.07, 6.45) is 2.26. The van der Waals surface area contributed by atoms with Gasteiger partial charge in [-0.2, -0.15) is 5.10 Å². The molecule has 0 saturated heterocycles. The van der Waals surface area contributed by atoms with Gasteiger partial charge in [0.15, 0.2) is 0 Å². The number of hydrogen-bond acceptors (Lipinski definition) is 2. The molecule has 0 saturated carbocycles. The van der Waals surface area contributed by atoms with E-state index in [1.165, 1.54) is 28.1 Å². The van der Waals surface area contributed by atoms with Crippen molar-refractivity contribution >= 4 is 0 Å². The highest BCUT2D eigenvalue weighted by atomic mass is 15.3. The van der Waals surface area contributed by atoms with Crippen LogP contribution in [0.3, 0.4) is 0 Å². The normalized spacial score (nSPS) is 11.0. The third-order valence-corrected chi connectivity index (χ3v) is 3.97. The Balaban J connectivity index is 2.17. The van der Waals surface area contributed by atoms with Gasteiger partial charge < -0.3 is 5.32 Å². The molecule has 0 bridgehead atoms. The van der Waals surface area contributed by atoms with Crippen LogP contribution in [0.15, 0.2) is 24.3 Å². The minimum absolute atomic E-state index is 0.866. The van der Waals surface area contributed by atoms with Gasteiger partial charge in [0.1, 0.15) is 0 Å². The van der Waals surface area contributed by atoms with E-state index >= 15 is 0 Å². The van der Waals surface area contributed by atoms with Crippen LogP contribution in [0.1, 0.15) is 34.5 Å². The molecule has 0 aliphatic rings. The van der Waals surface area contributed by atoms with Crippen molar-refractivity contribution in [1.29, 1.82) is 0 Å². The molecule has 108 valence electrons. The number of nitrogens with zero attached hydrogens (tertiary/aromatic N) is 2. The fraction of sp³-hybridized carbons (Fsp3) is 0.471. The quantitative estimate of drug-likeness (QED) is 0.819. The van der Waals surface area contributed by atoms with Crippen LogP contribution in [-0.2, 0) is 13.0 Å². The first-order valence-electron chi connectivity index (χ1n) is 7.35. The SMILES string of the molecule is CNCCCc1c(C)nn(Cc2ccccc2C)c1C. The molecule has 0 aliphatic carbocycles. The Kier molecular flexibility index (Phi) is 4.96. The van der Waals surface area contributed by atoms with Crippen LogP contribution < -0.4 is 5.32 Å². The van der Waals surface area contributed by atoms with Crippen LogP contribution >= 0.6 is 0 Å². The Morgan fingerprint density at radius 1 is 1.15 bits per heavy atom. The average molecular weight is 271 g/mol. The summed E-state index contributed by atoms with van der Waals surface area (Å²) in [4.78, 5) is 0. The lowest BCUT2D eigenvalue weighted by molar-refractivity contribution is 0.654. The first-order chi connectivity index (χ1) is 9.63. The first-order valence-corrected chi connectivity index (χ1v) is 7.35. The fourth-order valence-electron chi connectivity index (χ4n) is 2.64. The number of aryl methyl sites for hydroxylation is 2. The zero-order valence-corrected chi connectivity index (χ0v) is 13.0. The molecule has 0 fully saturated rings. The topological polar surface area (TPSA) is 29.9 Å². The summed E-state index contributed by atoms with van der Waals surface area (Å²) in [5.41, 5.74) is 6.57. The number of hydrogen-bond donors (Lipinski definition) is 1. The van der Waals surface area contributed by atoms with Gasteiger partial charge in [0.05, 0.1) is 12.2 Å². The second-order valence-electron chi connectivity index (χ2n) is 5.44. The maximum Gasteiger partial charge on any atom is 0.0665 e. The van der Waals surface area contributed by atoms with Crippen molar-refractivity contribution in [3.8, 4) is 0 Å². The largest absolute Gasteiger partial charge is 0.320 e. The van der Waals surface area contributed by atoms with Gasteiger partial charge in [-0.05, 0) is 63.9 Å². The van der Waals surface area contributed by atoms with Crippen molar-refractivity contribution in [2.24, 2.45) is 0 Å². The number of rotatable bonds is 6. The molecule has 0 amide bonds. The molecule has 0 unspecified atom stereocenters. The molecule has 3 heteroatoms. The highest BCUT2D eigenvalue weighted by Gasteiger charge is 2.11. The minimum Gasteiger partial charge on any atom is -0.320 e. The predicted molar refractivity (Wildman–Crippen MR) is 84.2 cm³/mol. The van der Waals surface area contributed by atoms with Crippen molar-refractivity contribution in [2.75, 3.05) is 13.6 Å². The second kappa shape index (κ2) is 6.71. The summed E-state index contributed by atoms with van der Waals surface area (Å²) >= 11 is 0. The maximum absolute atomic E-state index is 4.72. The van der Waals surface area contributed by atoms with Gasteiger partial charge in [-0.25, -0.2) is 0 Å². The van der Waals surface area contributed by atoms with Crippen LogP contribution in [0, 0.1) is 20.8 Å². The molecule has 20 heavy (non-hydrogen) atoms. The molecule has 0 atom stereocenters. The second-order valence-corrected chi connectivity index (χ2v) is 5.44. The van der Waals surface area contributed by atoms with E-state index in [0.29, 0.717) is 0 Å². The third-order valence-electron chi connectivity index (χ3n) is 3.97. The van der Waals surface area contributed by atoms with Crippen molar-refractivity contribution in [1.82, 2.24) is 15.1 Å². The Morgan fingerprint density at radius 2 is 1.90 bits per heavy atom. The zero-order chi connectivity index (χ0) is 14.5. The lowest BCUT2D eigenvalue weighted by atomic mass is 10.1. The number of benzene rings is 1. The van der Waals surface area contributed by atoms with Gasteiger partial charge in [-0.1, -0.05) is 24.3 Å². The molecular weight excluding hydrogens is 246 g/mol. The highest BCUT2D eigenvalue weighted by Crippen LogP contribution is 2.17. The first kappa shape index (κ1) is 14.8. The average Bonchev–Trinajstić information content (AvgIpc) is 2.69. The highest BCUT2D eigenvalue weighted by molar-refractivity contribution is 5.29. The van der Waals surface area contributed by atoms with Crippen LogP contribution in [0.5, 0.6) is 0 Å². The monoisotopic (exact) mass is 271 g/mol. The Morgan fingerprint density at radius 3 is 2.60 bits per heavy atom. The van der Waals surface area contributed by atoms with Gasteiger partial charge in [0.25, 0.3) is 0 Å². The molecule has 1 aromatic heterocycles. The van der Waals surface area contributed by atoms with Gasteiger partial charge in [0, 0.05) is 5.69 Å². The van der Waals surface area contributed by atoms with E-state index < -0.39 is 0 Å². The summed E-state index contributed by atoms with van der Waals surface area (Å²) in [5.74, 6) is 0. The van der Waals surface area contributed by atoms with Crippen molar-refractivity contribution in [2.45, 2.75) is 40.2 Å².